The van der Waals surface area contributed by atoms with E-state index in [-0.39, 0.29) is 15.6 Å². The Balaban J connectivity index is 2.22. The van der Waals surface area contributed by atoms with E-state index in [0.29, 0.717) is 12.3 Å². The smallest absolute Gasteiger partial charge is 0.257 e. The van der Waals surface area contributed by atoms with Crippen molar-refractivity contribution in [2.24, 2.45) is 0 Å². The predicted octanol–water partition coefficient (Wildman–Crippen LogP) is 4.53. The topological polar surface area (TPSA) is 38.3 Å². The molecule has 0 spiro atoms. The molecule has 0 aromatic heterocycles. The molecule has 0 radical (unpaired) electrons. The van der Waals surface area contributed by atoms with Crippen LogP contribution in [0.3, 0.4) is 0 Å². The molecule has 0 saturated heterocycles. The van der Waals surface area contributed by atoms with Crippen LogP contribution in [0.25, 0.3) is 0 Å². The van der Waals surface area contributed by atoms with Gasteiger partial charge >= 0.3 is 0 Å². The third-order valence-corrected chi connectivity index (χ3v) is 3.35. The Morgan fingerprint density at radius 2 is 2.00 bits per heavy atom. The summed E-state index contributed by atoms with van der Waals surface area (Å²) in [6.07, 6.45) is 0. The fourth-order valence-corrected chi connectivity index (χ4v) is 2.27. The van der Waals surface area contributed by atoms with Crippen LogP contribution in [0.4, 0.5) is 10.1 Å². The summed E-state index contributed by atoms with van der Waals surface area (Å²) in [5, 5.41) is 2.62. The van der Waals surface area contributed by atoms with E-state index in [1.54, 1.807) is 25.3 Å². The van der Waals surface area contributed by atoms with Gasteiger partial charge in [0, 0.05) is 12.8 Å². The van der Waals surface area contributed by atoms with Gasteiger partial charge in [-0.05, 0) is 29.8 Å². The number of halogens is 3. The van der Waals surface area contributed by atoms with Crippen molar-refractivity contribution in [3.05, 3.63) is 63.4 Å². The number of ether oxygens (including phenoxy) is 1. The summed E-state index contributed by atoms with van der Waals surface area (Å²) in [5.41, 5.74) is 1.50. The quantitative estimate of drug-likeness (QED) is 0.838. The number of nitrogens with one attached hydrogen (secondary N) is 1. The number of carbonyl (C=O) groups is 1. The van der Waals surface area contributed by atoms with E-state index in [4.69, 9.17) is 27.9 Å². The molecule has 0 saturated carbocycles. The summed E-state index contributed by atoms with van der Waals surface area (Å²) in [7, 11) is 1.58. The second-order valence-corrected chi connectivity index (χ2v) is 5.15. The lowest BCUT2D eigenvalue weighted by Gasteiger charge is -2.09. The Kier molecular flexibility index (Phi) is 5.17. The van der Waals surface area contributed by atoms with Crippen LogP contribution in [0.1, 0.15) is 15.9 Å². The first kappa shape index (κ1) is 15.8. The molecule has 2 rings (SSSR count). The molecule has 1 amide bonds. The summed E-state index contributed by atoms with van der Waals surface area (Å²) in [6.45, 7) is 0.431. The van der Waals surface area contributed by atoms with Gasteiger partial charge in [0.05, 0.1) is 22.2 Å². The normalized spacial score (nSPS) is 10.5. The van der Waals surface area contributed by atoms with E-state index >= 15 is 0 Å². The Bertz CT molecular complexity index is 677. The molecule has 0 heterocycles. The summed E-state index contributed by atoms with van der Waals surface area (Å²) >= 11 is 11.5. The first-order valence-corrected chi connectivity index (χ1v) is 6.80. The van der Waals surface area contributed by atoms with Crippen LogP contribution in [0.2, 0.25) is 10.0 Å². The first-order valence-electron chi connectivity index (χ1n) is 6.05. The van der Waals surface area contributed by atoms with E-state index in [1.807, 2.05) is 6.07 Å². The highest BCUT2D eigenvalue weighted by Gasteiger charge is 2.14. The van der Waals surface area contributed by atoms with Crippen molar-refractivity contribution in [3.63, 3.8) is 0 Å². The van der Waals surface area contributed by atoms with Crippen LogP contribution in [-0.4, -0.2) is 13.0 Å². The molecule has 110 valence electrons. The highest BCUT2D eigenvalue weighted by Crippen LogP contribution is 2.25. The predicted molar refractivity (Wildman–Crippen MR) is 81.5 cm³/mol. The van der Waals surface area contributed by atoms with Gasteiger partial charge in [0.1, 0.15) is 5.82 Å². The fraction of sp³-hybridized carbons (Fsp3) is 0.133. The number of benzene rings is 2. The molecule has 0 aliphatic heterocycles. The highest BCUT2D eigenvalue weighted by atomic mass is 35.5. The number of anilines is 1. The lowest BCUT2D eigenvalue weighted by molar-refractivity contribution is 0.102. The van der Waals surface area contributed by atoms with Crippen molar-refractivity contribution >= 4 is 34.8 Å². The minimum absolute atomic E-state index is 0.0238. The van der Waals surface area contributed by atoms with E-state index in [0.717, 1.165) is 11.6 Å². The lowest BCUT2D eigenvalue weighted by atomic mass is 10.1. The molecule has 3 nitrogen and oxygen atoms in total. The van der Waals surface area contributed by atoms with Gasteiger partial charge in [-0.1, -0.05) is 35.3 Å². The molecule has 0 bridgehead atoms. The Morgan fingerprint density at radius 1 is 1.24 bits per heavy atom. The number of carbonyl (C=O) groups excluding carboxylic acids is 1. The SMILES string of the molecule is COCc1cccc(NC(=O)c2cc(F)c(Cl)cc2Cl)c1. The molecule has 0 atom stereocenters. The number of hydrogen-bond donors (Lipinski definition) is 1. The van der Waals surface area contributed by atoms with Crippen molar-refractivity contribution in [2.75, 3.05) is 12.4 Å². The van der Waals surface area contributed by atoms with Crippen LogP contribution >= 0.6 is 23.2 Å². The maximum absolute atomic E-state index is 13.4. The second-order valence-electron chi connectivity index (χ2n) is 4.33. The third-order valence-electron chi connectivity index (χ3n) is 2.75. The van der Waals surface area contributed by atoms with Gasteiger partial charge in [-0.3, -0.25) is 4.79 Å². The summed E-state index contributed by atoms with van der Waals surface area (Å²) in [6, 6.07) is 9.36. The van der Waals surface area contributed by atoms with Crippen molar-refractivity contribution < 1.29 is 13.9 Å². The van der Waals surface area contributed by atoms with Gasteiger partial charge in [-0.2, -0.15) is 0 Å². The largest absolute Gasteiger partial charge is 0.380 e. The van der Waals surface area contributed by atoms with Crippen molar-refractivity contribution in [1.82, 2.24) is 0 Å². The maximum Gasteiger partial charge on any atom is 0.257 e. The first-order chi connectivity index (χ1) is 10.0. The molecule has 0 aliphatic rings. The van der Waals surface area contributed by atoms with E-state index in [2.05, 4.69) is 5.32 Å². The van der Waals surface area contributed by atoms with Gasteiger partial charge in [0.25, 0.3) is 5.91 Å². The number of rotatable bonds is 4. The summed E-state index contributed by atoms with van der Waals surface area (Å²) in [4.78, 5) is 12.1. The molecule has 1 N–H and O–H groups in total. The van der Waals surface area contributed by atoms with Gasteiger partial charge in [0.2, 0.25) is 0 Å². The van der Waals surface area contributed by atoms with E-state index < -0.39 is 11.7 Å². The molecular formula is C15H12Cl2FNO2. The lowest BCUT2D eigenvalue weighted by Crippen LogP contribution is -2.13. The molecule has 0 unspecified atom stereocenters. The average Bonchev–Trinajstić information content (AvgIpc) is 2.43. The number of hydrogen-bond acceptors (Lipinski definition) is 2. The second kappa shape index (κ2) is 6.89. The zero-order valence-corrected chi connectivity index (χ0v) is 12.6. The Morgan fingerprint density at radius 3 is 2.71 bits per heavy atom. The minimum atomic E-state index is -0.695. The summed E-state index contributed by atoms with van der Waals surface area (Å²) in [5.74, 6) is -1.20. The van der Waals surface area contributed by atoms with Crippen molar-refractivity contribution in [3.8, 4) is 0 Å². The number of methoxy groups -OCH3 is 1. The minimum Gasteiger partial charge on any atom is -0.380 e. The zero-order chi connectivity index (χ0) is 15.4. The fourth-order valence-electron chi connectivity index (χ4n) is 1.80. The standard InChI is InChI=1S/C15H12Cl2FNO2/c1-21-8-9-3-2-4-10(5-9)19-15(20)11-6-14(18)13(17)7-12(11)16/h2-7H,8H2,1H3,(H,19,20). The Labute approximate surface area is 131 Å². The van der Waals surface area contributed by atoms with Crippen molar-refractivity contribution in [2.45, 2.75) is 6.61 Å². The van der Waals surface area contributed by atoms with Crippen LogP contribution in [-0.2, 0) is 11.3 Å². The van der Waals surface area contributed by atoms with Crippen LogP contribution in [0, 0.1) is 5.82 Å². The van der Waals surface area contributed by atoms with Gasteiger partial charge < -0.3 is 10.1 Å². The third kappa shape index (κ3) is 3.94. The molecule has 2 aromatic carbocycles. The van der Waals surface area contributed by atoms with Crippen LogP contribution in [0.15, 0.2) is 36.4 Å². The molecule has 0 aliphatic carbocycles. The van der Waals surface area contributed by atoms with Crippen LogP contribution in [0.5, 0.6) is 0 Å². The maximum atomic E-state index is 13.4. The summed E-state index contributed by atoms with van der Waals surface area (Å²) < 4.78 is 18.5. The highest BCUT2D eigenvalue weighted by molar-refractivity contribution is 6.37. The molecular weight excluding hydrogens is 316 g/mol. The van der Waals surface area contributed by atoms with Gasteiger partial charge in [-0.15, -0.1) is 0 Å². The molecule has 2 aromatic rings. The zero-order valence-electron chi connectivity index (χ0n) is 11.1. The molecule has 21 heavy (non-hydrogen) atoms. The number of amides is 1. The van der Waals surface area contributed by atoms with Gasteiger partial charge in [-0.25, -0.2) is 4.39 Å². The van der Waals surface area contributed by atoms with E-state index in [1.165, 1.54) is 6.07 Å². The Hall–Kier alpha value is -1.62. The van der Waals surface area contributed by atoms with Crippen molar-refractivity contribution in [1.29, 1.82) is 0 Å². The average molecular weight is 328 g/mol. The monoisotopic (exact) mass is 327 g/mol. The van der Waals surface area contributed by atoms with E-state index in [9.17, 15) is 9.18 Å². The van der Waals surface area contributed by atoms with Gasteiger partial charge in [0.15, 0.2) is 0 Å². The molecule has 0 fully saturated rings. The van der Waals surface area contributed by atoms with Crippen LogP contribution < -0.4 is 5.32 Å². The molecule has 6 heteroatoms.